The van der Waals surface area contributed by atoms with E-state index in [2.05, 4.69) is 0 Å². The Kier molecular flexibility index (Phi) is 1.10. The molecule has 0 radical (unpaired) electrons. The van der Waals surface area contributed by atoms with E-state index in [9.17, 15) is 4.79 Å². The predicted molar refractivity (Wildman–Crippen MR) is 28.2 cm³/mol. The Morgan fingerprint density at radius 1 is 1.75 bits per heavy atom. The average molecular weight is 115 g/mol. The van der Waals surface area contributed by atoms with Gasteiger partial charge in [-0.25, -0.2) is 0 Å². The summed E-state index contributed by atoms with van der Waals surface area (Å²) in [5.41, 5.74) is 4.24. The first-order chi connectivity index (χ1) is 3.66. The van der Waals surface area contributed by atoms with Gasteiger partial charge in [0.2, 0.25) is 0 Å². The zero-order chi connectivity index (χ0) is 6.20. The molecule has 1 aliphatic carbocycles. The molecule has 3 heteroatoms. The number of hydrogen-bond donors (Lipinski definition) is 2. The van der Waals surface area contributed by atoms with Gasteiger partial charge >= 0.3 is 0 Å². The minimum atomic E-state index is -1.07. The molecule has 46 valence electrons. The molecule has 0 aromatic carbocycles. The molecule has 1 aliphatic rings. The third-order valence-electron chi connectivity index (χ3n) is 1.45. The number of carbonyl (C=O) groups is 1. The molecule has 3 N–H and O–H groups in total. The number of carbonyl (C=O) groups excluding carboxylic acids is 1. The lowest BCUT2D eigenvalue weighted by Gasteiger charge is -2.36. The van der Waals surface area contributed by atoms with Crippen molar-refractivity contribution in [2.24, 2.45) is 5.73 Å². The third-order valence-corrected chi connectivity index (χ3v) is 1.45. The van der Waals surface area contributed by atoms with Crippen LogP contribution >= 0.6 is 0 Å². The van der Waals surface area contributed by atoms with Gasteiger partial charge < -0.3 is 15.6 Å². The molecule has 0 heterocycles. The fourth-order valence-corrected chi connectivity index (χ4v) is 0.944. The monoisotopic (exact) mass is 115 g/mol. The van der Waals surface area contributed by atoms with Crippen LogP contribution in [-0.4, -0.2) is 23.0 Å². The van der Waals surface area contributed by atoms with Gasteiger partial charge in [0.25, 0.3) is 0 Å². The van der Waals surface area contributed by atoms with Crippen LogP contribution in [-0.2, 0) is 4.79 Å². The van der Waals surface area contributed by atoms with Crippen molar-refractivity contribution in [3.8, 4) is 0 Å². The molecule has 1 fully saturated rings. The van der Waals surface area contributed by atoms with Gasteiger partial charge in [0.1, 0.15) is 5.60 Å². The van der Waals surface area contributed by atoms with Gasteiger partial charge in [-0.3, -0.25) is 0 Å². The number of aldehydes is 1. The van der Waals surface area contributed by atoms with E-state index < -0.39 is 5.60 Å². The van der Waals surface area contributed by atoms with Crippen molar-refractivity contribution in [2.45, 2.75) is 24.5 Å². The maximum absolute atomic E-state index is 9.95. The van der Waals surface area contributed by atoms with E-state index in [4.69, 9.17) is 10.8 Å². The minimum Gasteiger partial charge on any atom is -0.382 e. The van der Waals surface area contributed by atoms with Crippen LogP contribution < -0.4 is 5.73 Å². The number of hydrogen-bond acceptors (Lipinski definition) is 3. The first-order valence-corrected chi connectivity index (χ1v) is 2.60. The number of rotatable bonds is 1. The summed E-state index contributed by atoms with van der Waals surface area (Å²) >= 11 is 0. The molecule has 1 rings (SSSR count). The maximum atomic E-state index is 9.95. The smallest absolute Gasteiger partial charge is 0.151 e. The Bertz CT molecular complexity index is 107. The van der Waals surface area contributed by atoms with Crippen LogP contribution in [0.4, 0.5) is 0 Å². The van der Waals surface area contributed by atoms with E-state index in [1.807, 2.05) is 0 Å². The molecule has 0 aromatic heterocycles. The van der Waals surface area contributed by atoms with E-state index >= 15 is 0 Å². The highest BCUT2D eigenvalue weighted by atomic mass is 16.3. The van der Waals surface area contributed by atoms with Crippen LogP contribution in [0.25, 0.3) is 0 Å². The molecule has 0 saturated heterocycles. The van der Waals surface area contributed by atoms with E-state index in [1.54, 1.807) is 0 Å². The van der Waals surface area contributed by atoms with Crippen LogP contribution in [0.5, 0.6) is 0 Å². The number of aliphatic hydroxyl groups is 1. The first-order valence-electron chi connectivity index (χ1n) is 2.60. The topological polar surface area (TPSA) is 63.3 Å². The van der Waals surface area contributed by atoms with Crippen molar-refractivity contribution in [1.82, 2.24) is 0 Å². The van der Waals surface area contributed by atoms with Gasteiger partial charge in [-0.1, -0.05) is 0 Å². The fraction of sp³-hybridized carbons (Fsp3) is 0.800. The highest BCUT2D eigenvalue weighted by molar-refractivity contribution is 5.64. The quantitative estimate of drug-likeness (QED) is 0.432. The maximum Gasteiger partial charge on any atom is 0.151 e. The lowest BCUT2D eigenvalue weighted by Crippen LogP contribution is -2.52. The van der Waals surface area contributed by atoms with Crippen LogP contribution in [0.15, 0.2) is 0 Å². The molecule has 8 heavy (non-hydrogen) atoms. The average Bonchev–Trinajstić information content (AvgIpc) is 1.63. The summed E-state index contributed by atoms with van der Waals surface area (Å²) in [4.78, 5) is 9.95. The Morgan fingerprint density at radius 3 is 2.38 bits per heavy atom. The normalized spacial score (nSPS) is 45.5. The van der Waals surface area contributed by atoms with Crippen molar-refractivity contribution < 1.29 is 9.90 Å². The third kappa shape index (κ3) is 0.743. The Labute approximate surface area is 47.5 Å². The van der Waals surface area contributed by atoms with E-state index in [1.165, 1.54) is 0 Å². The van der Waals surface area contributed by atoms with Crippen molar-refractivity contribution in [3.63, 3.8) is 0 Å². The van der Waals surface area contributed by atoms with Crippen molar-refractivity contribution >= 4 is 6.29 Å². The summed E-state index contributed by atoms with van der Waals surface area (Å²) in [5, 5.41) is 8.94. The predicted octanol–water partition coefficient (Wildman–Crippen LogP) is -0.963. The van der Waals surface area contributed by atoms with Gasteiger partial charge in [-0.05, 0) is 12.8 Å². The summed E-state index contributed by atoms with van der Waals surface area (Å²) in [5.74, 6) is 0. The molecular weight excluding hydrogens is 106 g/mol. The molecule has 0 amide bonds. The van der Waals surface area contributed by atoms with Crippen molar-refractivity contribution in [2.75, 3.05) is 0 Å². The zero-order valence-corrected chi connectivity index (χ0v) is 4.50. The summed E-state index contributed by atoms with van der Waals surface area (Å²) in [6.07, 6.45) is 1.42. The Hall–Kier alpha value is -0.410. The minimum absolute atomic E-state index is 0.0326. The Balaban J connectivity index is 2.40. The van der Waals surface area contributed by atoms with Crippen LogP contribution in [0.3, 0.4) is 0 Å². The highest BCUT2D eigenvalue weighted by Gasteiger charge is 2.40. The second-order valence-corrected chi connectivity index (χ2v) is 2.39. The molecule has 3 nitrogen and oxygen atoms in total. The lowest BCUT2D eigenvalue weighted by molar-refractivity contribution is -0.133. The molecular formula is C5H9NO2. The second-order valence-electron chi connectivity index (χ2n) is 2.39. The second kappa shape index (κ2) is 1.53. The number of nitrogens with two attached hydrogens (primary N) is 1. The van der Waals surface area contributed by atoms with Crippen LogP contribution in [0.2, 0.25) is 0 Å². The fourth-order valence-electron chi connectivity index (χ4n) is 0.944. The summed E-state index contributed by atoms with van der Waals surface area (Å²) in [6, 6.07) is 0.0326. The van der Waals surface area contributed by atoms with Gasteiger partial charge in [0.15, 0.2) is 6.29 Å². The van der Waals surface area contributed by atoms with Gasteiger partial charge in [0.05, 0.1) is 0 Å². The lowest BCUT2D eigenvalue weighted by atomic mass is 9.77. The van der Waals surface area contributed by atoms with E-state index in [-0.39, 0.29) is 6.04 Å². The zero-order valence-electron chi connectivity index (χ0n) is 4.50. The van der Waals surface area contributed by atoms with Gasteiger partial charge in [0, 0.05) is 6.04 Å². The molecule has 1 saturated carbocycles. The van der Waals surface area contributed by atoms with Gasteiger partial charge in [-0.2, -0.15) is 0 Å². The SMILES string of the molecule is N[C@H]1C[C@@](O)(C=O)C1. The summed E-state index contributed by atoms with van der Waals surface area (Å²) in [6.45, 7) is 0. The molecule has 0 unspecified atom stereocenters. The van der Waals surface area contributed by atoms with Crippen molar-refractivity contribution in [1.29, 1.82) is 0 Å². The molecule has 0 aliphatic heterocycles. The molecule has 0 aromatic rings. The largest absolute Gasteiger partial charge is 0.382 e. The standard InChI is InChI=1S/C5H9NO2/c6-4-1-5(8,2-4)3-7/h3-4,8H,1-2,6H2/t4-,5-. The van der Waals surface area contributed by atoms with Gasteiger partial charge in [-0.15, -0.1) is 0 Å². The molecule has 0 spiro atoms. The first kappa shape index (κ1) is 5.72. The van der Waals surface area contributed by atoms with E-state index in [0.717, 1.165) is 0 Å². The van der Waals surface area contributed by atoms with Crippen molar-refractivity contribution in [3.05, 3.63) is 0 Å². The summed E-state index contributed by atoms with van der Waals surface area (Å²) in [7, 11) is 0. The molecule has 0 bridgehead atoms. The Morgan fingerprint density at radius 2 is 2.25 bits per heavy atom. The van der Waals surface area contributed by atoms with Crippen LogP contribution in [0.1, 0.15) is 12.8 Å². The van der Waals surface area contributed by atoms with Crippen LogP contribution in [0, 0.1) is 0 Å². The van der Waals surface area contributed by atoms with E-state index in [0.29, 0.717) is 19.1 Å². The summed E-state index contributed by atoms with van der Waals surface area (Å²) < 4.78 is 0. The highest BCUT2D eigenvalue weighted by Crippen LogP contribution is 2.27. The molecule has 0 atom stereocenters.